The number of ether oxygens (including phenoxy) is 1. The lowest BCUT2D eigenvalue weighted by atomic mass is 10.7. The molecule has 0 rings (SSSR count). The van der Waals surface area contributed by atoms with Crippen molar-refractivity contribution in [2.24, 2.45) is 0 Å². The fourth-order valence-electron chi connectivity index (χ4n) is 0.167. The Morgan fingerprint density at radius 3 is 1.29 bits per heavy atom. The van der Waals surface area contributed by atoms with Gasteiger partial charge in [0.25, 0.3) is 0 Å². The minimum absolute atomic E-state index is 2.69. The zero-order chi connectivity index (χ0) is 11.9. The molecule has 1 unspecified atom stereocenters. The van der Waals surface area contributed by atoms with Crippen LogP contribution in [0.3, 0.4) is 0 Å². The van der Waals surface area contributed by atoms with Crippen molar-refractivity contribution < 1.29 is 35.5 Å². The van der Waals surface area contributed by atoms with E-state index in [1.165, 1.54) is 0 Å². The van der Waals surface area contributed by atoms with Gasteiger partial charge in [-0.25, -0.2) is 0 Å². The molecule has 0 saturated carbocycles. The normalized spacial score (nSPS) is 13.9. The quantitative estimate of drug-likeness (QED) is 0.548. The van der Waals surface area contributed by atoms with Gasteiger partial charge in [-0.3, -0.25) is 4.74 Å². The van der Waals surface area contributed by atoms with Crippen molar-refractivity contribution in [3.8, 4) is 0 Å². The van der Waals surface area contributed by atoms with Crippen LogP contribution >= 0.6 is 23.2 Å². The zero-order valence-electron chi connectivity index (χ0n) is 6.04. The van der Waals surface area contributed by atoms with Crippen LogP contribution in [0.1, 0.15) is 0 Å². The topological polar surface area (TPSA) is 9.23 Å². The zero-order valence-corrected chi connectivity index (χ0v) is 7.55. The second kappa shape index (κ2) is 7.36. The van der Waals surface area contributed by atoms with Crippen molar-refractivity contribution in [2.45, 2.75) is 24.2 Å². The molecule has 0 bridgehead atoms. The summed E-state index contributed by atoms with van der Waals surface area (Å²) in [5.74, 6) is -2.69. The molecule has 1 atom stereocenters. The Labute approximate surface area is 83.7 Å². The molecule has 0 aliphatic carbocycles. The number of halogens is 9. The van der Waals surface area contributed by atoms with Gasteiger partial charge in [0.1, 0.15) is 0 Å². The molecule has 0 aromatic rings. The first-order valence-corrected chi connectivity index (χ1v) is 3.51. The highest BCUT2D eigenvalue weighted by molar-refractivity contribution is 6.20. The fourth-order valence-corrected chi connectivity index (χ4v) is 0.245. The van der Waals surface area contributed by atoms with Crippen molar-refractivity contribution in [2.75, 3.05) is 0 Å². The van der Waals surface area contributed by atoms with Crippen LogP contribution in [0.2, 0.25) is 0 Å². The smallest absolute Gasteiger partial charge is 0.294 e. The second-order valence-electron chi connectivity index (χ2n) is 1.50. The minimum atomic E-state index is -4.95. The first kappa shape index (κ1) is 16.5. The Hall–Kier alpha value is 0.0500. The average Bonchev–Trinajstić information content (AvgIpc) is 1.81. The summed E-state index contributed by atoms with van der Waals surface area (Å²) >= 11 is 8.27. The van der Waals surface area contributed by atoms with Gasteiger partial charge < -0.3 is 0 Å². The molecule has 0 aromatic carbocycles. The Kier molecular flexibility index (Phi) is 8.66. The van der Waals surface area contributed by atoms with Crippen LogP contribution in [0.4, 0.5) is 30.7 Å². The van der Waals surface area contributed by atoms with Gasteiger partial charge in [-0.15, -0.1) is 0 Å². The fraction of sp³-hybridized carbons (Fsp3) is 1.00. The third kappa shape index (κ3) is 14.6. The Morgan fingerprint density at radius 1 is 0.929 bits per heavy atom. The Balaban J connectivity index is 0. The van der Waals surface area contributed by atoms with Crippen LogP contribution in [0.15, 0.2) is 0 Å². The van der Waals surface area contributed by atoms with Gasteiger partial charge in [0.05, 0.1) is 0 Å². The molecule has 0 saturated heterocycles. The van der Waals surface area contributed by atoms with Crippen LogP contribution in [0, 0.1) is 0 Å². The summed E-state index contributed by atoms with van der Waals surface area (Å²) in [6, 6.07) is 0. The van der Waals surface area contributed by atoms with Gasteiger partial charge in [0, 0.05) is 0 Å². The molecule has 1 nitrogen and oxygen atoms in total. The van der Waals surface area contributed by atoms with Crippen LogP contribution in [0.25, 0.3) is 0 Å². The molecule has 10 heteroatoms. The van der Waals surface area contributed by atoms with E-state index in [9.17, 15) is 30.7 Å². The lowest BCUT2D eigenvalue weighted by Crippen LogP contribution is -2.27. The SMILES string of the molecule is FC(F)Cl.FC(F)OC(Cl)C(F)(F)F. The monoisotopic (exact) mass is 270 g/mol. The highest BCUT2D eigenvalue weighted by Crippen LogP contribution is 2.26. The van der Waals surface area contributed by atoms with E-state index in [1.54, 1.807) is 0 Å². The van der Waals surface area contributed by atoms with Gasteiger partial charge in [0.15, 0.2) is 0 Å². The van der Waals surface area contributed by atoms with Gasteiger partial charge in [-0.05, 0) is 0 Å². The molecule has 0 radical (unpaired) electrons. The molecule has 0 spiro atoms. The van der Waals surface area contributed by atoms with E-state index in [0.29, 0.717) is 0 Å². The first-order valence-electron chi connectivity index (χ1n) is 2.64. The third-order valence-corrected chi connectivity index (χ3v) is 0.830. The molecule has 0 fully saturated rings. The molecule has 0 heterocycles. The predicted octanol–water partition coefficient (Wildman–Crippen LogP) is 3.80. The molecule has 0 amide bonds. The van der Waals surface area contributed by atoms with Crippen molar-refractivity contribution >= 4 is 23.2 Å². The third-order valence-electron chi connectivity index (χ3n) is 0.480. The van der Waals surface area contributed by atoms with Gasteiger partial charge in [0.2, 0.25) is 5.56 Å². The van der Waals surface area contributed by atoms with E-state index in [4.69, 9.17) is 0 Å². The molecule has 0 aliphatic heterocycles. The maximum Gasteiger partial charge on any atom is 0.428 e. The van der Waals surface area contributed by atoms with Crippen molar-refractivity contribution in [3.63, 3.8) is 0 Å². The summed E-state index contributed by atoms with van der Waals surface area (Å²) < 4.78 is 78.8. The summed E-state index contributed by atoms with van der Waals surface area (Å²) in [4.78, 5) is 0. The average molecular weight is 271 g/mol. The number of hydrogen-bond acceptors (Lipinski definition) is 1. The van der Waals surface area contributed by atoms with Gasteiger partial charge >= 0.3 is 18.7 Å². The molecular weight excluding hydrogens is 268 g/mol. The number of alkyl halides is 9. The molecule has 0 aliphatic rings. The molecule has 0 aromatic heterocycles. The van der Waals surface area contributed by atoms with Crippen LogP contribution in [-0.2, 0) is 4.74 Å². The minimum Gasteiger partial charge on any atom is -0.294 e. The molecule has 0 N–H and O–H groups in total. The van der Waals surface area contributed by atoms with E-state index in [0.717, 1.165) is 0 Å². The van der Waals surface area contributed by atoms with Crippen molar-refractivity contribution in [1.82, 2.24) is 0 Å². The maximum atomic E-state index is 11.2. The van der Waals surface area contributed by atoms with E-state index in [1.807, 2.05) is 0 Å². The summed E-state index contributed by atoms with van der Waals surface area (Å²) in [5, 5.41) is 0. The summed E-state index contributed by atoms with van der Waals surface area (Å²) in [6.45, 7) is -3.51. The predicted molar refractivity (Wildman–Crippen MR) is 34.6 cm³/mol. The lowest BCUT2D eigenvalue weighted by Gasteiger charge is -2.12. The summed E-state index contributed by atoms with van der Waals surface area (Å²) in [7, 11) is 0. The van der Waals surface area contributed by atoms with Gasteiger partial charge in [-0.1, -0.05) is 23.2 Å². The van der Waals surface area contributed by atoms with Crippen molar-refractivity contribution in [1.29, 1.82) is 0 Å². The number of hydrogen-bond donors (Lipinski definition) is 0. The Bertz CT molecular complexity index is 135. The van der Waals surface area contributed by atoms with Crippen molar-refractivity contribution in [3.05, 3.63) is 0 Å². The Morgan fingerprint density at radius 2 is 1.21 bits per heavy atom. The summed E-state index contributed by atoms with van der Waals surface area (Å²) in [5.41, 5.74) is -2.94. The molecule has 88 valence electrons. The molecular formula is C4H3Cl2F7O. The largest absolute Gasteiger partial charge is 0.428 e. The molecule has 14 heavy (non-hydrogen) atoms. The van der Waals surface area contributed by atoms with E-state index in [2.05, 4.69) is 27.9 Å². The van der Waals surface area contributed by atoms with Crippen LogP contribution in [-0.4, -0.2) is 24.2 Å². The highest BCUT2D eigenvalue weighted by Gasteiger charge is 2.41. The van der Waals surface area contributed by atoms with Crippen LogP contribution in [0.5, 0.6) is 0 Å². The summed E-state index contributed by atoms with van der Waals surface area (Å²) in [6.07, 6.45) is -4.95. The van der Waals surface area contributed by atoms with E-state index in [-0.39, 0.29) is 0 Å². The maximum absolute atomic E-state index is 11.2. The first-order chi connectivity index (χ1) is 6.07. The second-order valence-corrected chi connectivity index (χ2v) is 2.23. The van der Waals surface area contributed by atoms with E-state index < -0.39 is 24.2 Å². The van der Waals surface area contributed by atoms with Crippen LogP contribution < -0.4 is 0 Å². The highest BCUT2D eigenvalue weighted by atomic mass is 35.5. The van der Waals surface area contributed by atoms with Gasteiger partial charge in [-0.2, -0.15) is 30.7 Å². The van der Waals surface area contributed by atoms with E-state index >= 15 is 0 Å². The standard InChI is InChI=1S/C3H2ClF5O.CHClF2/c4-1(3(7,8)9)10-2(5)6;2-1(3)4/h1-2H;1H. The number of rotatable bonds is 2. The lowest BCUT2D eigenvalue weighted by molar-refractivity contribution is -0.246.